The van der Waals surface area contributed by atoms with Gasteiger partial charge in [-0.25, -0.2) is 4.98 Å². The number of aryl methyl sites for hydroxylation is 2. The quantitative estimate of drug-likeness (QED) is 0.319. The summed E-state index contributed by atoms with van der Waals surface area (Å²) in [6, 6.07) is 14.7. The molecule has 7 heteroatoms. The minimum absolute atomic E-state index is 0.319. The molecule has 0 unspecified atom stereocenters. The van der Waals surface area contributed by atoms with E-state index in [-0.39, 0.29) is 5.91 Å². The molecule has 0 fully saturated rings. The first-order valence-electron chi connectivity index (χ1n) is 9.84. The maximum absolute atomic E-state index is 12.4. The van der Waals surface area contributed by atoms with Crippen LogP contribution in [0.1, 0.15) is 16.7 Å². The van der Waals surface area contributed by atoms with Gasteiger partial charge in [-0.3, -0.25) is 4.79 Å². The van der Waals surface area contributed by atoms with Crippen LogP contribution in [0.5, 0.6) is 5.75 Å². The third-order valence-corrected chi connectivity index (χ3v) is 5.42. The Balaban J connectivity index is 1.55. The van der Waals surface area contributed by atoms with Gasteiger partial charge in [-0.1, -0.05) is 40.9 Å². The first-order chi connectivity index (χ1) is 15.3. The Hall–Kier alpha value is -3.28. The standard InChI is InChI=1S/C25H20Cl2N2O3/c1-14-4-7-19(15(2)10-14)25-29-21-13-18(6-8-22(21)32-25)28-23(30)9-5-16-11-17(26)12-20(27)24(16)31-3/h4-13H,1-3H3,(H,28,30). The van der Waals surface area contributed by atoms with Crippen LogP contribution < -0.4 is 10.1 Å². The summed E-state index contributed by atoms with van der Waals surface area (Å²) in [4.78, 5) is 17.0. The summed E-state index contributed by atoms with van der Waals surface area (Å²) < 4.78 is 11.2. The Labute approximate surface area is 195 Å². The average Bonchev–Trinajstić information content (AvgIpc) is 3.15. The van der Waals surface area contributed by atoms with Crippen molar-refractivity contribution in [2.75, 3.05) is 12.4 Å². The van der Waals surface area contributed by atoms with Crippen LogP contribution in [0.25, 0.3) is 28.6 Å². The second-order valence-electron chi connectivity index (χ2n) is 7.35. The number of halogens is 2. The highest BCUT2D eigenvalue weighted by molar-refractivity contribution is 6.36. The fourth-order valence-electron chi connectivity index (χ4n) is 3.44. The highest BCUT2D eigenvalue weighted by atomic mass is 35.5. The number of fused-ring (bicyclic) bond motifs is 1. The maximum atomic E-state index is 12.4. The van der Waals surface area contributed by atoms with Crippen molar-refractivity contribution in [3.8, 4) is 17.2 Å². The molecule has 1 heterocycles. The van der Waals surface area contributed by atoms with Crippen LogP contribution in [0.3, 0.4) is 0 Å². The molecule has 0 aliphatic rings. The molecule has 0 radical (unpaired) electrons. The van der Waals surface area contributed by atoms with Crippen LogP contribution in [0, 0.1) is 13.8 Å². The summed E-state index contributed by atoms with van der Waals surface area (Å²) in [6.07, 6.45) is 2.98. The van der Waals surface area contributed by atoms with Gasteiger partial charge in [-0.2, -0.15) is 0 Å². The van der Waals surface area contributed by atoms with E-state index in [1.165, 1.54) is 18.7 Å². The molecule has 0 bridgehead atoms. The van der Waals surface area contributed by atoms with Gasteiger partial charge in [0.05, 0.1) is 12.1 Å². The van der Waals surface area contributed by atoms with Gasteiger partial charge in [0.1, 0.15) is 11.3 Å². The number of carbonyl (C=O) groups excluding carboxylic acids is 1. The molecule has 5 nitrogen and oxygen atoms in total. The number of anilines is 1. The zero-order valence-electron chi connectivity index (χ0n) is 17.7. The van der Waals surface area contributed by atoms with Crippen LogP contribution in [-0.4, -0.2) is 18.0 Å². The van der Waals surface area contributed by atoms with E-state index in [1.807, 2.05) is 26.0 Å². The third kappa shape index (κ3) is 4.64. The Morgan fingerprint density at radius 2 is 1.91 bits per heavy atom. The van der Waals surface area contributed by atoms with Crippen LogP contribution >= 0.6 is 23.2 Å². The van der Waals surface area contributed by atoms with E-state index in [1.54, 1.807) is 36.4 Å². The Bertz CT molecular complexity index is 1360. The van der Waals surface area contributed by atoms with Crippen molar-refractivity contribution < 1.29 is 13.9 Å². The molecule has 1 amide bonds. The van der Waals surface area contributed by atoms with Crippen molar-refractivity contribution in [1.29, 1.82) is 0 Å². The number of methoxy groups -OCH3 is 1. The number of hydrogen-bond donors (Lipinski definition) is 1. The van der Waals surface area contributed by atoms with Crippen molar-refractivity contribution in [3.63, 3.8) is 0 Å². The molecule has 0 aliphatic heterocycles. The first kappa shape index (κ1) is 21.9. The van der Waals surface area contributed by atoms with E-state index < -0.39 is 0 Å². The van der Waals surface area contributed by atoms with E-state index in [2.05, 4.69) is 16.4 Å². The van der Waals surface area contributed by atoms with Crippen molar-refractivity contribution in [1.82, 2.24) is 4.98 Å². The smallest absolute Gasteiger partial charge is 0.248 e. The van der Waals surface area contributed by atoms with Gasteiger partial charge in [-0.15, -0.1) is 0 Å². The number of benzene rings is 3. The van der Waals surface area contributed by atoms with Crippen LogP contribution in [0.15, 0.2) is 59.0 Å². The van der Waals surface area contributed by atoms with Gasteiger partial charge in [0.25, 0.3) is 0 Å². The molecule has 0 saturated heterocycles. The van der Waals surface area contributed by atoms with Crippen LogP contribution in [0.2, 0.25) is 10.0 Å². The highest BCUT2D eigenvalue weighted by Crippen LogP contribution is 2.33. The molecule has 0 atom stereocenters. The van der Waals surface area contributed by atoms with Gasteiger partial charge in [0.2, 0.25) is 11.8 Å². The number of oxazole rings is 1. The number of carbonyl (C=O) groups is 1. The van der Waals surface area contributed by atoms with E-state index in [4.69, 9.17) is 32.4 Å². The lowest BCUT2D eigenvalue weighted by Gasteiger charge is -2.08. The average molecular weight is 467 g/mol. The third-order valence-electron chi connectivity index (χ3n) is 4.92. The first-order valence-corrected chi connectivity index (χ1v) is 10.6. The summed E-state index contributed by atoms with van der Waals surface area (Å²) in [6.45, 7) is 4.07. The zero-order valence-corrected chi connectivity index (χ0v) is 19.2. The normalized spacial score (nSPS) is 11.3. The van der Waals surface area contributed by atoms with Gasteiger partial charge in [-0.05, 0) is 61.9 Å². The molecule has 32 heavy (non-hydrogen) atoms. The molecule has 1 N–H and O–H groups in total. The molecular weight excluding hydrogens is 447 g/mol. The number of nitrogens with zero attached hydrogens (tertiary/aromatic N) is 1. The highest BCUT2D eigenvalue weighted by Gasteiger charge is 2.12. The van der Waals surface area contributed by atoms with E-state index >= 15 is 0 Å². The molecule has 4 aromatic rings. The van der Waals surface area contributed by atoms with Gasteiger partial charge >= 0.3 is 0 Å². The molecule has 0 saturated carbocycles. The summed E-state index contributed by atoms with van der Waals surface area (Å²) in [5, 5.41) is 3.65. The Morgan fingerprint density at radius 1 is 1.09 bits per heavy atom. The minimum atomic E-state index is -0.319. The maximum Gasteiger partial charge on any atom is 0.248 e. The number of rotatable bonds is 5. The summed E-state index contributed by atoms with van der Waals surface area (Å²) in [7, 11) is 1.51. The SMILES string of the molecule is COc1c(Cl)cc(Cl)cc1C=CC(=O)Nc1ccc2oc(-c3ccc(C)cc3C)nc2c1. The number of hydrogen-bond acceptors (Lipinski definition) is 4. The largest absolute Gasteiger partial charge is 0.495 e. The number of amides is 1. The molecule has 4 rings (SSSR count). The van der Waals surface area contributed by atoms with Gasteiger partial charge in [0, 0.05) is 27.9 Å². The lowest BCUT2D eigenvalue weighted by atomic mass is 10.1. The van der Waals surface area contributed by atoms with Crippen LogP contribution in [-0.2, 0) is 4.79 Å². The van der Waals surface area contributed by atoms with Gasteiger partial charge in [0.15, 0.2) is 5.58 Å². The number of ether oxygens (including phenoxy) is 1. The lowest BCUT2D eigenvalue weighted by molar-refractivity contribution is -0.111. The molecule has 3 aromatic carbocycles. The van der Waals surface area contributed by atoms with E-state index in [9.17, 15) is 4.79 Å². The fourth-order valence-corrected chi connectivity index (χ4v) is 4.03. The zero-order chi connectivity index (χ0) is 22.8. The summed E-state index contributed by atoms with van der Waals surface area (Å²) >= 11 is 12.2. The van der Waals surface area contributed by atoms with Crippen molar-refractivity contribution >= 4 is 52.0 Å². The summed E-state index contributed by atoms with van der Waals surface area (Å²) in [5.41, 5.74) is 5.71. The monoisotopic (exact) mass is 466 g/mol. The van der Waals surface area contributed by atoms with Gasteiger partial charge < -0.3 is 14.5 Å². The van der Waals surface area contributed by atoms with E-state index in [0.29, 0.717) is 44.0 Å². The van der Waals surface area contributed by atoms with Crippen LogP contribution in [0.4, 0.5) is 5.69 Å². The van der Waals surface area contributed by atoms with Crippen molar-refractivity contribution in [2.45, 2.75) is 13.8 Å². The topological polar surface area (TPSA) is 64.4 Å². The van der Waals surface area contributed by atoms with Crippen molar-refractivity contribution in [2.24, 2.45) is 0 Å². The number of aromatic nitrogens is 1. The predicted molar refractivity (Wildman–Crippen MR) is 130 cm³/mol. The minimum Gasteiger partial charge on any atom is -0.495 e. The van der Waals surface area contributed by atoms with Crippen molar-refractivity contribution in [3.05, 3.63) is 81.3 Å². The molecular formula is C25H20Cl2N2O3. The lowest BCUT2D eigenvalue weighted by Crippen LogP contribution is -2.07. The predicted octanol–water partition coefficient (Wildman–Crippen LogP) is 7.08. The molecule has 0 aliphatic carbocycles. The second-order valence-corrected chi connectivity index (χ2v) is 8.20. The fraction of sp³-hybridized carbons (Fsp3) is 0.120. The Kier molecular flexibility index (Phi) is 6.21. The number of nitrogens with one attached hydrogen (secondary N) is 1. The summed E-state index contributed by atoms with van der Waals surface area (Å²) in [5.74, 6) is 0.675. The molecule has 0 spiro atoms. The molecule has 162 valence electrons. The second kappa shape index (κ2) is 9.07. The molecule has 1 aromatic heterocycles. The van der Waals surface area contributed by atoms with E-state index in [0.717, 1.165) is 11.1 Å². The Morgan fingerprint density at radius 3 is 2.66 bits per heavy atom.